The third-order valence-corrected chi connectivity index (χ3v) is 9.12. The highest BCUT2D eigenvalue weighted by Gasteiger charge is 2.20. The first-order valence-electron chi connectivity index (χ1n) is 18.2. The molecule has 0 bridgehead atoms. The summed E-state index contributed by atoms with van der Waals surface area (Å²) in [7, 11) is 8.81. The van der Waals surface area contributed by atoms with E-state index >= 15 is 0 Å². The van der Waals surface area contributed by atoms with Gasteiger partial charge >= 0.3 is 11.9 Å². The van der Waals surface area contributed by atoms with Gasteiger partial charge in [0.2, 0.25) is 0 Å². The number of methoxy groups -OCH3 is 6. The summed E-state index contributed by atoms with van der Waals surface area (Å²) >= 11 is 0. The molecule has 0 saturated carbocycles. The van der Waals surface area contributed by atoms with Crippen molar-refractivity contribution < 1.29 is 57.1 Å². The first kappa shape index (κ1) is 41.6. The molecule has 0 fully saturated rings. The third-order valence-electron chi connectivity index (χ3n) is 9.12. The van der Waals surface area contributed by atoms with E-state index in [0.717, 1.165) is 11.1 Å². The van der Waals surface area contributed by atoms with Crippen LogP contribution in [0.1, 0.15) is 41.4 Å². The summed E-state index contributed by atoms with van der Waals surface area (Å²) in [6.45, 7) is 0. The van der Waals surface area contributed by atoms with Gasteiger partial charge in [0.15, 0.2) is 23.0 Å². The average molecular weight is 813 g/mol. The highest BCUT2D eigenvalue weighted by molar-refractivity contribution is 6.08. The molecule has 0 aliphatic heterocycles. The molecule has 0 aliphatic rings. The normalized spacial score (nSPS) is 10.4. The van der Waals surface area contributed by atoms with Crippen LogP contribution in [-0.4, -0.2) is 66.4 Å². The number of amides is 2. The quantitative estimate of drug-likeness (QED) is 0.0753. The van der Waals surface area contributed by atoms with Crippen LogP contribution in [-0.2, 0) is 0 Å². The molecule has 0 spiro atoms. The molecule has 0 aromatic heterocycles. The van der Waals surface area contributed by atoms with Crippen molar-refractivity contribution in [2.24, 2.45) is 0 Å². The SMILES string of the molecule is COc1cc(OC)c(C(=O)Nc2ccc(C(=O)Oc3ccc(-c4ccc(OC(=O)c5ccc(NC(=O)c6cc(OC)c(OC)cc6OC)cc5)cc4)cc3)cc2)cc1OC. The first-order valence-corrected chi connectivity index (χ1v) is 18.2. The zero-order valence-corrected chi connectivity index (χ0v) is 33.4. The topological polar surface area (TPSA) is 166 Å². The molecule has 2 N–H and O–H groups in total. The molecule has 0 unspecified atom stereocenters. The molecular weight excluding hydrogens is 773 g/mol. The van der Waals surface area contributed by atoms with E-state index < -0.39 is 23.8 Å². The molecule has 0 radical (unpaired) electrons. The fraction of sp³-hybridized carbons (Fsp3) is 0.130. The number of nitrogens with one attached hydrogen (secondary N) is 2. The van der Waals surface area contributed by atoms with E-state index in [2.05, 4.69) is 10.6 Å². The van der Waals surface area contributed by atoms with Gasteiger partial charge in [-0.2, -0.15) is 0 Å². The van der Waals surface area contributed by atoms with Crippen LogP contribution in [0.15, 0.2) is 121 Å². The minimum absolute atomic E-state index is 0.237. The van der Waals surface area contributed by atoms with Crippen LogP contribution in [0.3, 0.4) is 0 Å². The zero-order valence-electron chi connectivity index (χ0n) is 33.4. The number of hydrogen-bond acceptors (Lipinski definition) is 12. The maximum Gasteiger partial charge on any atom is 0.343 e. The summed E-state index contributed by atoms with van der Waals surface area (Å²) < 4.78 is 43.1. The maximum atomic E-state index is 13.1. The van der Waals surface area contributed by atoms with Gasteiger partial charge in [0.1, 0.15) is 23.0 Å². The van der Waals surface area contributed by atoms with Gasteiger partial charge in [-0.15, -0.1) is 0 Å². The zero-order chi connectivity index (χ0) is 42.8. The molecule has 14 nitrogen and oxygen atoms in total. The summed E-state index contributed by atoms with van der Waals surface area (Å²) in [5.41, 5.74) is 3.60. The van der Waals surface area contributed by atoms with Crippen molar-refractivity contribution in [1.29, 1.82) is 0 Å². The second kappa shape index (κ2) is 19.0. The van der Waals surface area contributed by atoms with E-state index in [-0.39, 0.29) is 22.3 Å². The Labute approximate surface area is 345 Å². The van der Waals surface area contributed by atoms with Crippen LogP contribution in [0.4, 0.5) is 11.4 Å². The Kier molecular flexibility index (Phi) is 13.2. The lowest BCUT2D eigenvalue weighted by Gasteiger charge is -2.14. The fourth-order valence-electron chi connectivity index (χ4n) is 5.95. The van der Waals surface area contributed by atoms with Gasteiger partial charge in [-0.05, 0) is 83.9 Å². The molecule has 0 aliphatic carbocycles. The van der Waals surface area contributed by atoms with Crippen LogP contribution in [0.5, 0.6) is 46.0 Å². The largest absolute Gasteiger partial charge is 0.496 e. The molecule has 0 heterocycles. The van der Waals surface area contributed by atoms with Crippen LogP contribution in [0.2, 0.25) is 0 Å². The van der Waals surface area contributed by atoms with Gasteiger partial charge in [-0.3, -0.25) is 9.59 Å². The lowest BCUT2D eigenvalue weighted by atomic mass is 10.1. The standard InChI is InChI=1S/C46H40N2O12/c1-53-37-25-41(57-5)39(55-3)23-35(37)43(49)47-31-15-7-29(8-16-31)45(51)59-33-19-11-27(12-20-33)28-13-21-34(22-14-28)60-46(52)30-9-17-32(18-10-30)48-44(50)36-24-40(56-4)42(58-6)26-38(36)54-2/h7-26H,1-6H3,(H,47,49)(H,48,50). The number of anilines is 2. The van der Waals surface area contributed by atoms with Crippen LogP contribution >= 0.6 is 0 Å². The highest BCUT2D eigenvalue weighted by Crippen LogP contribution is 2.36. The monoisotopic (exact) mass is 812 g/mol. The predicted octanol–water partition coefficient (Wildman–Crippen LogP) is 8.35. The molecule has 2 amide bonds. The number of ether oxygens (including phenoxy) is 8. The molecule has 306 valence electrons. The Morgan fingerprint density at radius 3 is 0.967 bits per heavy atom. The molecule has 60 heavy (non-hydrogen) atoms. The van der Waals surface area contributed by atoms with E-state index in [0.29, 0.717) is 57.4 Å². The Bertz CT molecular complexity index is 2320. The van der Waals surface area contributed by atoms with E-state index in [1.807, 2.05) is 0 Å². The number of carbonyl (C=O) groups excluding carboxylic acids is 4. The number of rotatable bonds is 15. The van der Waals surface area contributed by atoms with Crippen molar-refractivity contribution in [2.45, 2.75) is 0 Å². The van der Waals surface area contributed by atoms with Crippen molar-refractivity contribution in [2.75, 3.05) is 53.3 Å². The predicted molar refractivity (Wildman–Crippen MR) is 223 cm³/mol. The van der Waals surface area contributed by atoms with Gasteiger partial charge in [-0.25, -0.2) is 9.59 Å². The number of esters is 2. The Morgan fingerprint density at radius 2 is 0.667 bits per heavy atom. The van der Waals surface area contributed by atoms with E-state index in [4.69, 9.17) is 37.9 Å². The van der Waals surface area contributed by atoms with E-state index in [1.54, 1.807) is 109 Å². The van der Waals surface area contributed by atoms with Gasteiger partial charge in [0.25, 0.3) is 11.8 Å². The molecular formula is C46H40N2O12. The summed E-state index contributed by atoms with van der Waals surface area (Å²) in [5.74, 6) is 0.791. The highest BCUT2D eigenvalue weighted by atomic mass is 16.5. The van der Waals surface area contributed by atoms with Crippen LogP contribution in [0, 0.1) is 0 Å². The van der Waals surface area contributed by atoms with E-state index in [9.17, 15) is 19.2 Å². The van der Waals surface area contributed by atoms with Crippen molar-refractivity contribution in [3.8, 4) is 57.1 Å². The summed E-state index contributed by atoms with van der Waals surface area (Å²) in [4.78, 5) is 51.9. The second-order valence-electron chi connectivity index (χ2n) is 12.7. The summed E-state index contributed by atoms with van der Waals surface area (Å²) in [6.07, 6.45) is 0. The van der Waals surface area contributed by atoms with Crippen molar-refractivity contribution in [3.63, 3.8) is 0 Å². The lowest BCUT2D eigenvalue weighted by Crippen LogP contribution is -2.14. The van der Waals surface area contributed by atoms with Crippen LogP contribution < -0.4 is 48.5 Å². The van der Waals surface area contributed by atoms with Crippen molar-refractivity contribution >= 4 is 35.1 Å². The van der Waals surface area contributed by atoms with Crippen molar-refractivity contribution in [1.82, 2.24) is 0 Å². The molecule has 14 heteroatoms. The molecule has 6 aromatic carbocycles. The molecule has 6 rings (SSSR count). The smallest absolute Gasteiger partial charge is 0.343 e. The first-order chi connectivity index (χ1) is 29.1. The lowest BCUT2D eigenvalue weighted by molar-refractivity contribution is 0.0725. The average Bonchev–Trinajstić information content (AvgIpc) is 3.28. The van der Waals surface area contributed by atoms with Gasteiger partial charge in [0.05, 0.1) is 64.9 Å². The minimum atomic E-state index is -0.581. The van der Waals surface area contributed by atoms with Crippen LogP contribution in [0.25, 0.3) is 11.1 Å². The minimum Gasteiger partial charge on any atom is -0.496 e. The fourth-order valence-corrected chi connectivity index (χ4v) is 5.95. The van der Waals surface area contributed by atoms with Crippen molar-refractivity contribution in [3.05, 3.63) is 144 Å². The maximum absolute atomic E-state index is 13.1. The van der Waals surface area contributed by atoms with E-state index in [1.165, 1.54) is 54.8 Å². The molecule has 0 saturated heterocycles. The molecule has 6 aromatic rings. The Morgan fingerprint density at radius 1 is 0.367 bits per heavy atom. The number of carbonyl (C=O) groups is 4. The Hall–Kier alpha value is -8.00. The third kappa shape index (κ3) is 9.57. The van der Waals surface area contributed by atoms with Gasteiger partial charge in [-0.1, -0.05) is 24.3 Å². The van der Waals surface area contributed by atoms with Gasteiger partial charge in [0, 0.05) is 35.6 Å². The number of hydrogen-bond donors (Lipinski definition) is 2. The summed E-state index contributed by atoms with van der Waals surface area (Å²) in [5, 5.41) is 5.57. The van der Waals surface area contributed by atoms with Gasteiger partial charge < -0.3 is 48.5 Å². The number of benzene rings is 6. The summed E-state index contributed by atoms with van der Waals surface area (Å²) in [6, 6.07) is 32.6. The second-order valence-corrected chi connectivity index (χ2v) is 12.7. The molecule has 0 atom stereocenters. The Balaban J connectivity index is 1.01.